The van der Waals surface area contributed by atoms with Crippen LogP contribution in [-0.2, 0) is 4.79 Å². The van der Waals surface area contributed by atoms with Gasteiger partial charge in [-0.2, -0.15) is 0 Å². The molecule has 0 aromatic heterocycles. The number of amides is 3. The number of non-ortho nitro benzene ring substituents is 1. The lowest BCUT2D eigenvalue weighted by Gasteiger charge is -2.15. The normalized spacial score (nSPS) is 22.0. The highest BCUT2D eigenvalue weighted by Gasteiger charge is 2.47. The monoisotopic (exact) mass is 261 g/mol. The Morgan fingerprint density at radius 2 is 1.89 bits per heavy atom. The van der Waals surface area contributed by atoms with Crippen molar-refractivity contribution in [3.63, 3.8) is 0 Å². The number of urea groups is 1. The van der Waals surface area contributed by atoms with Gasteiger partial charge in [-0.3, -0.25) is 14.9 Å². The Kier molecular flexibility index (Phi) is 2.48. The fourth-order valence-electron chi connectivity index (χ4n) is 2.59. The quantitative estimate of drug-likeness (QED) is 0.459. The van der Waals surface area contributed by atoms with Crippen molar-refractivity contribution >= 4 is 23.3 Å². The van der Waals surface area contributed by atoms with Gasteiger partial charge in [-0.05, 0) is 25.0 Å². The van der Waals surface area contributed by atoms with Gasteiger partial charge in [-0.25, -0.2) is 9.69 Å². The molecule has 0 aliphatic carbocycles. The molecular weight excluding hydrogens is 250 g/mol. The van der Waals surface area contributed by atoms with Crippen molar-refractivity contribution in [3.05, 3.63) is 34.4 Å². The van der Waals surface area contributed by atoms with Gasteiger partial charge in [0.05, 0.1) is 10.6 Å². The number of rotatable bonds is 2. The average molecular weight is 261 g/mol. The second kappa shape index (κ2) is 4.04. The van der Waals surface area contributed by atoms with Crippen molar-refractivity contribution in [2.75, 3.05) is 11.4 Å². The molecule has 1 atom stereocenters. The lowest BCUT2D eigenvalue weighted by Crippen LogP contribution is -2.32. The largest absolute Gasteiger partial charge is 0.332 e. The summed E-state index contributed by atoms with van der Waals surface area (Å²) < 4.78 is 0. The van der Waals surface area contributed by atoms with Gasteiger partial charge in [0.1, 0.15) is 6.04 Å². The molecule has 0 N–H and O–H groups in total. The van der Waals surface area contributed by atoms with Crippen LogP contribution in [0.2, 0.25) is 0 Å². The first-order valence-electron chi connectivity index (χ1n) is 5.98. The third-order valence-corrected chi connectivity index (χ3v) is 3.51. The molecule has 7 nitrogen and oxygen atoms in total. The lowest BCUT2D eigenvalue weighted by atomic mass is 10.2. The van der Waals surface area contributed by atoms with Gasteiger partial charge in [0.15, 0.2) is 0 Å². The van der Waals surface area contributed by atoms with Crippen LogP contribution in [0.15, 0.2) is 24.3 Å². The number of carbonyl (C=O) groups is 2. The summed E-state index contributed by atoms with van der Waals surface area (Å²) in [6.45, 7) is 0.596. The maximum atomic E-state index is 12.1. The molecule has 98 valence electrons. The Labute approximate surface area is 108 Å². The first kappa shape index (κ1) is 11.6. The molecule has 1 aromatic carbocycles. The molecule has 2 fully saturated rings. The van der Waals surface area contributed by atoms with E-state index in [1.54, 1.807) is 4.90 Å². The second-order valence-corrected chi connectivity index (χ2v) is 4.58. The molecule has 19 heavy (non-hydrogen) atoms. The summed E-state index contributed by atoms with van der Waals surface area (Å²) in [5.74, 6) is -0.239. The van der Waals surface area contributed by atoms with Gasteiger partial charge in [0.2, 0.25) is 0 Å². The van der Waals surface area contributed by atoms with E-state index < -0.39 is 4.92 Å². The van der Waals surface area contributed by atoms with E-state index in [4.69, 9.17) is 0 Å². The lowest BCUT2D eigenvalue weighted by molar-refractivity contribution is -0.384. The highest BCUT2D eigenvalue weighted by molar-refractivity contribution is 6.21. The summed E-state index contributed by atoms with van der Waals surface area (Å²) in [6.07, 6.45) is 1.53. The fraction of sp³-hybridized carbons (Fsp3) is 0.333. The molecule has 0 saturated carbocycles. The average Bonchev–Trinajstić information content (AvgIpc) is 2.95. The molecule has 3 amide bonds. The minimum atomic E-state index is -0.518. The number of benzene rings is 1. The predicted octanol–water partition coefficient (Wildman–Crippen LogP) is 1.53. The van der Waals surface area contributed by atoms with Crippen molar-refractivity contribution in [1.29, 1.82) is 0 Å². The Balaban J connectivity index is 1.92. The van der Waals surface area contributed by atoms with Crippen LogP contribution in [0.5, 0.6) is 0 Å². The van der Waals surface area contributed by atoms with Crippen LogP contribution >= 0.6 is 0 Å². The Morgan fingerprint density at radius 1 is 1.21 bits per heavy atom. The fourth-order valence-corrected chi connectivity index (χ4v) is 2.59. The number of carbonyl (C=O) groups excluding carboxylic acids is 2. The SMILES string of the molecule is O=C1C2CCCN2C(=O)N1c1ccc([N+](=O)[O-])cc1. The van der Waals surface area contributed by atoms with Gasteiger partial charge in [-0.15, -0.1) is 0 Å². The molecule has 2 saturated heterocycles. The van der Waals surface area contributed by atoms with Crippen molar-refractivity contribution in [2.24, 2.45) is 0 Å². The molecule has 7 heteroatoms. The molecule has 1 aromatic rings. The van der Waals surface area contributed by atoms with E-state index in [2.05, 4.69) is 0 Å². The maximum Gasteiger partial charge on any atom is 0.332 e. The summed E-state index contributed by atoms with van der Waals surface area (Å²) >= 11 is 0. The van der Waals surface area contributed by atoms with Gasteiger partial charge in [0.25, 0.3) is 11.6 Å². The molecular formula is C12H11N3O4. The van der Waals surface area contributed by atoms with Crippen molar-refractivity contribution in [1.82, 2.24) is 4.90 Å². The number of nitrogens with zero attached hydrogens (tertiary/aromatic N) is 3. The zero-order valence-electron chi connectivity index (χ0n) is 9.98. The summed E-state index contributed by atoms with van der Waals surface area (Å²) in [5, 5.41) is 10.6. The van der Waals surface area contributed by atoms with Crippen LogP contribution in [-0.4, -0.2) is 34.3 Å². The van der Waals surface area contributed by atoms with Gasteiger partial charge < -0.3 is 4.90 Å². The number of hydrogen-bond donors (Lipinski definition) is 0. The van der Waals surface area contributed by atoms with E-state index in [-0.39, 0.29) is 23.7 Å². The number of anilines is 1. The van der Waals surface area contributed by atoms with Crippen LogP contribution < -0.4 is 4.90 Å². The van der Waals surface area contributed by atoms with E-state index in [9.17, 15) is 19.7 Å². The van der Waals surface area contributed by atoms with Crippen molar-refractivity contribution < 1.29 is 14.5 Å². The van der Waals surface area contributed by atoms with Gasteiger partial charge in [0, 0.05) is 18.7 Å². The Morgan fingerprint density at radius 3 is 2.47 bits per heavy atom. The van der Waals surface area contributed by atoms with Crippen LogP contribution in [0.4, 0.5) is 16.2 Å². The van der Waals surface area contributed by atoms with E-state index in [1.807, 2.05) is 0 Å². The van der Waals surface area contributed by atoms with Crippen LogP contribution in [0.3, 0.4) is 0 Å². The number of nitro benzene ring substituents is 1. The molecule has 2 aliphatic heterocycles. The zero-order chi connectivity index (χ0) is 13.6. The number of hydrogen-bond acceptors (Lipinski definition) is 4. The summed E-state index contributed by atoms with van der Waals surface area (Å²) in [5.41, 5.74) is 0.318. The standard InChI is InChI=1S/C12H11N3O4/c16-11-10-2-1-7-13(10)12(17)14(11)8-3-5-9(6-4-8)15(18)19/h3-6,10H,1-2,7H2. The Hall–Kier alpha value is -2.44. The van der Waals surface area contributed by atoms with Crippen LogP contribution in [0.25, 0.3) is 0 Å². The molecule has 2 aliphatic rings. The van der Waals surface area contributed by atoms with E-state index in [0.717, 1.165) is 11.3 Å². The van der Waals surface area contributed by atoms with Crippen LogP contribution in [0.1, 0.15) is 12.8 Å². The van der Waals surface area contributed by atoms with Crippen molar-refractivity contribution in [3.8, 4) is 0 Å². The summed E-state index contributed by atoms with van der Waals surface area (Å²) in [4.78, 5) is 37.0. The molecule has 2 heterocycles. The molecule has 0 radical (unpaired) electrons. The third-order valence-electron chi connectivity index (χ3n) is 3.51. The summed E-state index contributed by atoms with van der Waals surface area (Å²) in [6, 6.07) is 4.74. The number of nitro groups is 1. The second-order valence-electron chi connectivity index (χ2n) is 4.58. The molecule has 0 spiro atoms. The smallest absolute Gasteiger partial charge is 0.312 e. The Bertz CT molecular complexity index is 547. The van der Waals surface area contributed by atoms with E-state index in [1.165, 1.54) is 24.3 Å². The summed E-state index contributed by atoms with van der Waals surface area (Å²) in [7, 11) is 0. The zero-order valence-corrected chi connectivity index (χ0v) is 9.98. The molecule has 1 unspecified atom stereocenters. The van der Waals surface area contributed by atoms with Crippen molar-refractivity contribution in [2.45, 2.75) is 18.9 Å². The van der Waals surface area contributed by atoms with Gasteiger partial charge >= 0.3 is 6.03 Å². The molecule has 0 bridgehead atoms. The van der Waals surface area contributed by atoms with E-state index in [0.29, 0.717) is 18.7 Å². The maximum absolute atomic E-state index is 12.1. The minimum Gasteiger partial charge on any atom is -0.312 e. The highest BCUT2D eigenvalue weighted by atomic mass is 16.6. The predicted molar refractivity (Wildman–Crippen MR) is 65.7 cm³/mol. The number of fused-ring (bicyclic) bond motifs is 1. The van der Waals surface area contributed by atoms with Crippen LogP contribution in [0, 0.1) is 10.1 Å². The highest BCUT2D eigenvalue weighted by Crippen LogP contribution is 2.31. The third kappa shape index (κ3) is 1.66. The van der Waals surface area contributed by atoms with Gasteiger partial charge in [-0.1, -0.05) is 0 Å². The first-order chi connectivity index (χ1) is 9.09. The minimum absolute atomic E-state index is 0.0663. The van der Waals surface area contributed by atoms with E-state index >= 15 is 0 Å². The molecule has 3 rings (SSSR count). The topological polar surface area (TPSA) is 83.8 Å². The first-order valence-corrected chi connectivity index (χ1v) is 5.98. The number of imide groups is 1.